The van der Waals surface area contributed by atoms with Gasteiger partial charge in [0.1, 0.15) is 5.69 Å². The second kappa shape index (κ2) is 8.67. The van der Waals surface area contributed by atoms with Crippen molar-refractivity contribution in [3.8, 4) is 11.8 Å². The van der Waals surface area contributed by atoms with Gasteiger partial charge in [-0.15, -0.1) is 0 Å². The first kappa shape index (κ1) is 17.5. The number of hydrogen-bond donors (Lipinski definition) is 2. The van der Waals surface area contributed by atoms with Crippen LogP contribution in [0.5, 0.6) is 11.8 Å². The van der Waals surface area contributed by atoms with E-state index in [0.29, 0.717) is 36.3 Å². The first-order valence-corrected chi connectivity index (χ1v) is 7.10. The van der Waals surface area contributed by atoms with Crippen molar-refractivity contribution < 1.29 is 23.5 Å². The van der Waals surface area contributed by atoms with E-state index in [-0.39, 0.29) is 12.4 Å². The molecule has 0 saturated heterocycles. The van der Waals surface area contributed by atoms with Gasteiger partial charge in [0, 0.05) is 19.6 Å². The van der Waals surface area contributed by atoms with Gasteiger partial charge in [0.25, 0.3) is 0 Å². The summed E-state index contributed by atoms with van der Waals surface area (Å²) < 4.78 is 20.1. The third-order valence-electron chi connectivity index (χ3n) is 2.93. The Labute approximate surface area is 138 Å². The van der Waals surface area contributed by atoms with Gasteiger partial charge in [-0.25, -0.2) is 4.79 Å². The van der Waals surface area contributed by atoms with Crippen LogP contribution in [0.4, 0.5) is 10.5 Å². The number of pyridine rings is 1. The van der Waals surface area contributed by atoms with Gasteiger partial charge in [-0.05, 0) is 6.07 Å². The number of amides is 2. The van der Waals surface area contributed by atoms with E-state index < -0.39 is 6.03 Å². The van der Waals surface area contributed by atoms with Crippen LogP contribution in [0, 0.1) is 0 Å². The van der Waals surface area contributed by atoms with Crippen molar-refractivity contribution in [1.82, 2.24) is 20.4 Å². The van der Waals surface area contributed by atoms with Crippen molar-refractivity contribution in [1.29, 1.82) is 0 Å². The van der Waals surface area contributed by atoms with Crippen LogP contribution in [0.3, 0.4) is 0 Å². The molecule has 0 aliphatic carbocycles. The summed E-state index contributed by atoms with van der Waals surface area (Å²) in [4.78, 5) is 20.1. The maximum Gasteiger partial charge on any atom is 0.319 e. The van der Waals surface area contributed by atoms with Gasteiger partial charge >= 0.3 is 6.03 Å². The number of urea groups is 1. The lowest BCUT2D eigenvalue weighted by Crippen LogP contribution is -2.28. The fourth-order valence-corrected chi connectivity index (χ4v) is 1.77. The van der Waals surface area contributed by atoms with Crippen molar-refractivity contribution >= 4 is 11.7 Å². The molecular weight excluding hydrogens is 318 g/mol. The molecule has 0 aliphatic heterocycles. The molecule has 2 amide bonds. The predicted molar refractivity (Wildman–Crippen MR) is 83.1 cm³/mol. The molecule has 2 aromatic rings. The summed E-state index contributed by atoms with van der Waals surface area (Å²) in [6, 6.07) is 2.77. The molecule has 2 heterocycles. The fourth-order valence-electron chi connectivity index (χ4n) is 1.77. The Morgan fingerprint density at radius 2 is 2.04 bits per heavy atom. The van der Waals surface area contributed by atoms with Gasteiger partial charge in [-0.3, -0.25) is 0 Å². The molecular formula is C14H19N5O5. The molecule has 0 aromatic carbocycles. The van der Waals surface area contributed by atoms with E-state index in [1.54, 1.807) is 19.2 Å². The third kappa shape index (κ3) is 4.81. The van der Waals surface area contributed by atoms with Crippen LogP contribution < -0.4 is 20.1 Å². The first-order chi connectivity index (χ1) is 11.7. The third-order valence-corrected chi connectivity index (χ3v) is 2.93. The lowest BCUT2D eigenvalue weighted by Gasteiger charge is -2.10. The van der Waals surface area contributed by atoms with E-state index in [0.717, 1.165) is 0 Å². The van der Waals surface area contributed by atoms with Crippen LogP contribution in [-0.2, 0) is 17.7 Å². The topological polar surface area (TPSA) is 121 Å². The lowest BCUT2D eigenvalue weighted by molar-refractivity contribution is 0.199. The number of ether oxygens (including phenoxy) is 3. The van der Waals surface area contributed by atoms with Gasteiger partial charge in [0.2, 0.25) is 17.7 Å². The predicted octanol–water partition coefficient (Wildman–Crippen LogP) is 0.992. The summed E-state index contributed by atoms with van der Waals surface area (Å²) in [5, 5.41) is 9.01. The Bertz CT molecular complexity index is 675. The second-order valence-electron chi connectivity index (χ2n) is 4.57. The van der Waals surface area contributed by atoms with Gasteiger partial charge in [-0.2, -0.15) is 9.97 Å². The zero-order valence-corrected chi connectivity index (χ0v) is 13.7. The summed E-state index contributed by atoms with van der Waals surface area (Å²) in [6.45, 7) is 0.592. The van der Waals surface area contributed by atoms with Gasteiger partial charge in [0.15, 0.2) is 5.82 Å². The summed E-state index contributed by atoms with van der Waals surface area (Å²) >= 11 is 0. The molecule has 0 bridgehead atoms. The van der Waals surface area contributed by atoms with E-state index in [1.165, 1.54) is 14.2 Å². The number of anilines is 1. The molecule has 2 aromatic heterocycles. The molecule has 0 spiro atoms. The van der Waals surface area contributed by atoms with Crippen molar-refractivity contribution in [2.75, 3.05) is 33.3 Å². The number of carbonyl (C=O) groups excluding carboxylic acids is 1. The minimum atomic E-state index is -0.461. The highest BCUT2D eigenvalue weighted by atomic mass is 16.5. The Morgan fingerprint density at radius 3 is 2.75 bits per heavy atom. The molecule has 0 radical (unpaired) electrons. The Hall–Kier alpha value is -2.88. The average Bonchev–Trinajstić information content (AvgIpc) is 3.06. The molecule has 10 nitrogen and oxygen atoms in total. The molecule has 0 aliphatic rings. The van der Waals surface area contributed by atoms with Crippen molar-refractivity contribution in [2.24, 2.45) is 0 Å². The molecule has 24 heavy (non-hydrogen) atoms. The van der Waals surface area contributed by atoms with Crippen molar-refractivity contribution in [3.63, 3.8) is 0 Å². The van der Waals surface area contributed by atoms with Crippen LogP contribution >= 0.6 is 0 Å². The van der Waals surface area contributed by atoms with Crippen LogP contribution in [0.15, 0.2) is 16.7 Å². The number of carbonyl (C=O) groups is 1. The Morgan fingerprint density at radius 1 is 1.21 bits per heavy atom. The number of methoxy groups -OCH3 is 3. The van der Waals surface area contributed by atoms with E-state index >= 15 is 0 Å². The van der Waals surface area contributed by atoms with Gasteiger partial charge < -0.3 is 29.4 Å². The summed E-state index contributed by atoms with van der Waals surface area (Å²) in [5.74, 6) is 1.45. The summed E-state index contributed by atoms with van der Waals surface area (Å²) in [5.41, 5.74) is 0.405. The minimum Gasteiger partial charge on any atom is -0.481 e. The smallest absolute Gasteiger partial charge is 0.319 e. The zero-order chi connectivity index (χ0) is 17.4. The highest BCUT2D eigenvalue weighted by Crippen LogP contribution is 2.24. The van der Waals surface area contributed by atoms with Gasteiger partial charge in [0.05, 0.1) is 27.4 Å². The van der Waals surface area contributed by atoms with E-state index in [1.807, 2.05) is 0 Å². The summed E-state index contributed by atoms with van der Waals surface area (Å²) in [7, 11) is 4.53. The van der Waals surface area contributed by atoms with Crippen LogP contribution in [0.25, 0.3) is 0 Å². The number of aromatic nitrogens is 3. The van der Waals surface area contributed by atoms with Crippen LogP contribution in [-0.4, -0.2) is 49.1 Å². The van der Waals surface area contributed by atoms with E-state index in [2.05, 4.69) is 25.8 Å². The van der Waals surface area contributed by atoms with Crippen LogP contribution in [0.1, 0.15) is 11.7 Å². The van der Waals surface area contributed by atoms with Gasteiger partial charge in [-0.1, -0.05) is 5.16 Å². The molecule has 0 fully saturated rings. The Balaban J connectivity index is 1.88. The fraction of sp³-hybridized carbons (Fsp3) is 0.429. The average molecular weight is 337 g/mol. The largest absolute Gasteiger partial charge is 0.481 e. The molecule has 2 N–H and O–H groups in total. The maximum absolute atomic E-state index is 11.9. The number of nitrogens with zero attached hydrogens (tertiary/aromatic N) is 3. The summed E-state index contributed by atoms with van der Waals surface area (Å²) in [6.07, 6.45) is 0.543. The minimum absolute atomic E-state index is 0.0950. The molecule has 10 heteroatoms. The highest BCUT2D eigenvalue weighted by Gasteiger charge is 2.12. The second-order valence-corrected chi connectivity index (χ2v) is 4.57. The number of hydrogen-bond acceptors (Lipinski definition) is 8. The van der Waals surface area contributed by atoms with Crippen molar-refractivity contribution in [3.05, 3.63) is 23.8 Å². The van der Waals surface area contributed by atoms with Crippen LogP contribution in [0.2, 0.25) is 0 Å². The highest BCUT2D eigenvalue weighted by molar-refractivity contribution is 5.90. The first-order valence-electron chi connectivity index (χ1n) is 7.10. The SMILES string of the molecule is COCCc1noc(CNC(=O)Nc2ccc(OC)nc2OC)n1. The van der Waals surface area contributed by atoms with Crippen molar-refractivity contribution in [2.45, 2.75) is 13.0 Å². The number of nitrogens with one attached hydrogen (secondary N) is 2. The molecule has 130 valence electrons. The zero-order valence-electron chi connectivity index (χ0n) is 13.7. The van der Waals surface area contributed by atoms with E-state index in [4.69, 9.17) is 18.7 Å². The standard InChI is InChI=1S/C14H19N5O5/c1-21-7-6-10-17-12(24-19-10)8-15-14(20)16-9-4-5-11(22-2)18-13(9)23-3/h4-5H,6-8H2,1-3H3,(H2,15,16,20). The maximum atomic E-state index is 11.9. The molecule has 0 saturated carbocycles. The monoisotopic (exact) mass is 337 g/mol. The number of rotatable bonds is 8. The molecule has 0 atom stereocenters. The Kier molecular flexibility index (Phi) is 6.32. The van der Waals surface area contributed by atoms with E-state index in [9.17, 15) is 4.79 Å². The molecule has 0 unspecified atom stereocenters. The normalized spacial score (nSPS) is 10.3. The quantitative estimate of drug-likeness (QED) is 0.731. The molecule has 2 rings (SSSR count). The lowest BCUT2D eigenvalue weighted by atomic mass is 10.4.